The summed E-state index contributed by atoms with van der Waals surface area (Å²) in [6, 6.07) is 4.11. The maximum Gasteiger partial charge on any atom is 0.317 e. The maximum absolute atomic E-state index is 13.2. The second-order valence-electron chi connectivity index (χ2n) is 5.17. The van der Waals surface area contributed by atoms with Crippen LogP contribution in [-0.4, -0.2) is 61.8 Å². The van der Waals surface area contributed by atoms with Gasteiger partial charge in [0.05, 0.1) is 19.2 Å². The number of carbonyl (C=O) groups is 2. The minimum atomic E-state index is -0.946. The first kappa shape index (κ1) is 16.9. The van der Waals surface area contributed by atoms with E-state index in [4.69, 9.17) is 9.84 Å². The highest BCUT2D eigenvalue weighted by Gasteiger charge is 2.23. The van der Waals surface area contributed by atoms with Crippen molar-refractivity contribution >= 4 is 17.7 Å². The number of carboxylic acid groups (broad SMARTS) is 1. The first-order valence-electron chi connectivity index (χ1n) is 7.34. The number of hydrogen-bond donors (Lipinski definition) is 2. The fourth-order valence-corrected chi connectivity index (χ4v) is 2.45. The predicted molar refractivity (Wildman–Crippen MR) is 82.4 cm³/mol. The summed E-state index contributed by atoms with van der Waals surface area (Å²) >= 11 is 0. The van der Waals surface area contributed by atoms with Gasteiger partial charge in [-0.1, -0.05) is 0 Å². The van der Waals surface area contributed by atoms with Gasteiger partial charge in [-0.25, -0.2) is 9.18 Å². The zero-order valence-corrected chi connectivity index (χ0v) is 12.9. The molecule has 1 aromatic rings. The lowest BCUT2D eigenvalue weighted by atomic mass is 10.2. The van der Waals surface area contributed by atoms with Crippen LogP contribution in [0.5, 0.6) is 5.75 Å². The minimum absolute atomic E-state index is 0.0987. The molecular weight excluding hydrogens is 305 g/mol. The number of piperazine rings is 1. The van der Waals surface area contributed by atoms with Crippen LogP contribution >= 0.6 is 0 Å². The van der Waals surface area contributed by atoms with Crippen molar-refractivity contribution in [1.29, 1.82) is 0 Å². The molecule has 0 saturated carbocycles. The smallest absolute Gasteiger partial charge is 0.317 e. The second kappa shape index (κ2) is 7.66. The molecule has 0 aromatic heterocycles. The van der Waals surface area contributed by atoms with Gasteiger partial charge < -0.3 is 25.0 Å². The summed E-state index contributed by atoms with van der Waals surface area (Å²) in [6.45, 7) is 2.29. The number of rotatable bonds is 5. The number of methoxy groups -OCH3 is 1. The summed E-state index contributed by atoms with van der Waals surface area (Å²) in [4.78, 5) is 26.0. The van der Waals surface area contributed by atoms with Gasteiger partial charge in [0.1, 0.15) is 11.6 Å². The maximum atomic E-state index is 13.2. The third-order valence-corrected chi connectivity index (χ3v) is 3.66. The first-order valence-corrected chi connectivity index (χ1v) is 7.34. The van der Waals surface area contributed by atoms with Crippen molar-refractivity contribution in [3.05, 3.63) is 24.0 Å². The van der Waals surface area contributed by atoms with Crippen LogP contribution in [0.4, 0.5) is 14.9 Å². The number of ether oxygens (including phenoxy) is 1. The molecule has 0 bridgehead atoms. The van der Waals surface area contributed by atoms with Crippen LogP contribution in [-0.2, 0) is 4.79 Å². The summed E-state index contributed by atoms with van der Waals surface area (Å²) < 4.78 is 18.4. The van der Waals surface area contributed by atoms with E-state index in [1.54, 1.807) is 11.0 Å². The van der Waals surface area contributed by atoms with E-state index >= 15 is 0 Å². The van der Waals surface area contributed by atoms with Crippen LogP contribution in [0.3, 0.4) is 0 Å². The van der Waals surface area contributed by atoms with Crippen LogP contribution in [0.15, 0.2) is 18.2 Å². The van der Waals surface area contributed by atoms with Crippen molar-refractivity contribution < 1.29 is 23.8 Å². The average molecular weight is 325 g/mol. The quantitative estimate of drug-likeness (QED) is 0.848. The van der Waals surface area contributed by atoms with Gasteiger partial charge in [0.25, 0.3) is 0 Å². The van der Waals surface area contributed by atoms with Crippen molar-refractivity contribution in [3.8, 4) is 5.75 Å². The molecule has 2 amide bonds. The van der Waals surface area contributed by atoms with Crippen molar-refractivity contribution in [2.24, 2.45) is 0 Å². The van der Waals surface area contributed by atoms with Gasteiger partial charge in [0.15, 0.2) is 0 Å². The Morgan fingerprint density at radius 1 is 1.30 bits per heavy atom. The monoisotopic (exact) mass is 325 g/mol. The fraction of sp³-hybridized carbons (Fsp3) is 0.467. The van der Waals surface area contributed by atoms with Crippen LogP contribution in [0, 0.1) is 5.82 Å². The van der Waals surface area contributed by atoms with Gasteiger partial charge in [-0.05, 0) is 12.1 Å². The minimum Gasteiger partial charge on any atom is -0.494 e. The van der Waals surface area contributed by atoms with Gasteiger partial charge in [-0.15, -0.1) is 0 Å². The number of urea groups is 1. The first-order chi connectivity index (χ1) is 11.0. The van der Waals surface area contributed by atoms with Crippen molar-refractivity contribution in [2.75, 3.05) is 44.7 Å². The number of hydrogen-bond acceptors (Lipinski definition) is 4. The Balaban J connectivity index is 1.88. The molecule has 1 heterocycles. The molecule has 8 heteroatoms. The number of nitrogens with one attached hydrogen (secondary N) is 1. The number of amides is 2. The molecule has 1 aromatic carbocycles. The Labute approximate surface area is 133 Å². The Hall–Kier alpha value is -2.51. The van der Waals surface area contributed by atoms with E-state index in [0.717, 1.165) is 5.69 Å². The van der Waals surface area contributed by atoms with Crippen molar-refractivity contribution in [2.45, 2.75) is 6.42 Å². The summed E-state index contributed by atoms with van der Waals surface area (Å²) in [7, 11) is 1.49. The number of carbonyl (C=O) groups excluding carboxylic acids is 1. The molecule has 2 rings (SSSR count). The fourth-order valence-electron chi connectivity index (χ4n) is 2.45. The molecule has 0 spiro atoms. The highest BCUT2D eigenvalue weighted by atomic mass is 19.1. The normalized spacial score (nSPS) is 14.5. The SMILES string of the molecule is COc1cc(F)ccc1N1CCN(C(=O)NCCC(=O)O)CC1. The van der Waals surface area contributed by atoms with Gasteiger partial charge in [-0.2, -0.15) is 0 Å². The summed E-state index contributed by atoms with van der Waals surface area (Å²) in [5, 5.41) is 11.1. The lowest BCUT2D eigenvalue weighted by Crippen LogP contribution is -2.52. The number of halogens is 1. The number of benzene rings is 1. The molecule has 1 aliphatic heterocycles. The zero-order valence-electron chi connectivity index (χ0n) is 12.9. The lowest BCUT2D eigenvalue weighted by molar-refractivity contribution is -0.136. The van der Waals surface area contributed by atoms with Crippen molar-refractivity contribution in [1.82, 2.24) is 10.2 Å². The number of nitrogens with zero attached hydrogens (tertiary/aromatic N) is 2. The molecule has 1 fully saturated rings. The molecule has 2 N–H and O–H groups in total. The largest absolute Gasteiger partial charge is 0.494 e. The Morgan fingerprint density at radius 3 is 2.61 bits per heavy atom. The van der Waals surface area contributed by atoms with E-state index in [-0.39, 0.29) is 24.8 Å². The van der Waals surface area contributed by atoms with E-state index < -0.39 is 5.97 Å². The van der Waals surface area contributed by atoms with Gasteiger partial charge >= 0.3 is 12.0 Å². The van der Waals surface area contributed by atoms with Crippen LogP contribution < -0.4 is 15.0 Å². The topological polar surface area (TPSA) is 82.1 Å². The van der Waals surface area contributed by atoms with Gasteiger partial charge in [0.2, 0.25) is 0 Å². The van der Waals surface area contributed by atoms with Crippen LogP contribution in [0.2, 0.25) is 0 Å². The molecule has 0 atom stereocenters. The molecule has 0 radical (unpaired) electrons. The highest BCUT2D eigenvalue weighted by molar-refractivity contribution is 5.75. The predicted octanol–water partition coefficient (Wildman–Crippen LogP) is 1.14. The van der Waals surface area contributed by atoms with Crippen molar-refractivity contribution in [3.63, 3.8) is 0 Å². The summed E-state index contributed by atoms with van der Waals surface area (Å²) in [5.41, 5.74) is 0.792. The second-order valence-corrected chi connectivity index (χ2v) is 5.17. The molecule has 0 unspecified atom stereocenters. The van der Waals surface area contributed by atoms with E-state index in [9.17, 15) is 14.0 Å². The zero-order chi connectivity index (χ0) is 16.8. The third-order valence-electron chi connectivity index (χ3n) is 3.66. The van der Waals surface area contributed by atoms with Crippen LogP contribution in [0.1, 0.15) is 6.42 Å². The third kappa shape index (κ3) is 4.48. The van der Waals surface area contributed by atoms with Gasteiger partial charge in [0, 0.05) is 38.8 Å². The Morgan fingerprint density at radius 2 is 2.00 bits per heavy atom. The summed E-state index contributed by atoms with van der Waals surface area (Å²) in [6.07, 6.45) is -0.0987. The molecule has 1 aliphatic rings. The number of anilines is 1. The van der Waals surface area contributed by atoms with E-state index in [2.05, 4.69) is 5.32 Å². The number of aliphatic carboxylic acids is 1. The van der Waals surface area contributed by atoms with E-state index in [1.165, 1.54) is 19.2 Å². The molecular formula is C15H20FN3O4. The lowest BCUT2D eigenvalue weighted by Gasteiger charge is -2.36. The molecule has 23 heavy (non-hydrogen) atoms. The summed E-state index contributed by atoms with van der Waals surface area (Å²) in [5.74, 6) is -0.843. The number of carboxylic acids is 1. The standard InChI is InChI=1S/C15H20FN3O4/c1-23-13-10-11(16)2-3-12(13)18-6-8-19(9-7-18)15(22)17-5-4-14(20)21/h2-3,10H,4-9H2,1H3,(H,17,22)(H,20,21). The molecule has 1 saturated heterocycles. The average Bonchev–Trinajstić information content (AvgIpc) is 2.54. The molecule has 0 aliphatic carbocycles. The van der Waals surface area contributed by atoms with E-state index in [0.29, 0.717) is 31.9 Å². The van der Waals surface area contributed by atoms with Gasteiger partial charge in [-0.3, -0.25) is 4.79 Å². The highest BCUT2D eigenvalue weighted by Crippen LogP contribution is 2.29. The Kier molecular flexibility index (Phi) is 5.61. The van der Waals surface area contributed by atoms with Crippen LogP contribution in [0.25, 0.3) is 0 Å². The molecule has 126 valence electrons. The Bertz CT molecular complexity index is 574. The molecule has 7 nitrogen and oxygen atoms in total. The van der Waals surface area contributed by atoms with E-state index in [1.807, 2.05) is 4.90 Å².